The first kappa shape index (κ1) is 26.0. The number of likely N-dealkylation sites (tertiary alicyclic amines) is 1. The van der Waals surface area contributed by atoms with Gasteiger partial charge in [0, 0.05) is 49.4 Å². The van der Waals surface area contributed by atoms with E-state index in [1.165, 1.54) is 30.5 Å². The molecule has 1 aromatic carbocycles. The second-order valence-electron chi connectivity index (χ2n) is 9.29. The summed E-state index contributed by atoms with van der Waals surface area (Å²) in [6.45, 7) is -1.70. The van der Waals surface area contributed by atoms with Crippen LogP contribution in [0.1, 0.15) is 36.4 Å². The molecule has 196 valence electrons. The number of nitrogens with zero attached hydrogens (tertiary/aromatic N) is 3. The van der Waals surface area contributed by atoms with Crippen molar-refractivity contribution in [2.75, 3.05) is 19.6 Å². The third kappa shape index (κ3) is 4.67. The van der Waals surface area contributed by atoms with Crippen molar-refractivity contribution in [3.05, 3.63) is 53.9 Å². The van der Waals surface area contributed by atoms with Crippen LogP contribution in [0.4, 0.5) is 26.3 Å². The molecule has 2 fully saturated rings. The monoisotopic (exact) mass is 518 g/mol. The second kappa shape index (κ2) is 9.09. The Bertz CT molecular complexity index is 1110. The fourth-order valence-corrected chi connectivity index (χ4v) is 5.29. The lowest BCUT2D eigenvalue weighted by Crippen LogP contribution is -2.59. The van der Waals surface area contributed by atoms with Gasteiger partial charge in [0.1, 0.15) is 6.54 Å². The summed E-state index contributed by atoms with van der Waals surface area (Å²) < 4.78 is 81.9. The van der Waals surface area contributed by atoms with Crippen LogP contribution in [0.2, 0.25) is 0 Å². The van der Waals surface area contributed by atoms with Gasteiger partial charge in [-0.3, -0.25) is 14.3 Å². The maximum atomic E-state index is 14.0. The van der Waals surface area contributed by atoms with Gasteiger partial charge in [-0.05, 0) is 24.3 Å². The van der Waals surface area contributed by atoms with Gasteiger partial charge in [0.25, 0.3) is 11.5 Å². The normalized spacial score (nSPS) is 22.2. The summed E-state index contributed by atoms with van der Waals surface area (Å²) in [5.41, 5.74) is -5.00. The van der Waals surface area contributed by atoms with Crippen molar-refractivity contribution < 1.29 is 41.0 Å². The quantitative estimate of drug-likeness (QED) is 0.610. The van der Waals surface area contributed by atoms with Gasteiger partial charge < -0.3 is 15.3 Å². The van der Waals surface area contributed by atoms with E-state index in [0.29, 0.717) is 0 Å². The smallest absolute Gasteiger partial charge is 0.369 e. The zero-order valence-electron chi connectivity index (χ0n) is 18.9. The van der Waals surface area contributed by atoms with E-state index in [-0.39, 0.29) is 50.5 Å². The molecule has 2 saturated heterocycles. The zero-order valence-corrected chi connectivity index (χ0v) is 18.9. The molecule has 2 aliphatic rings. The molecule has 1 unspecified atom stereocenters. The molecule has 7 nitrogen and oxygen atoms in total. The topological polar surface area (TPSA) is 87.5 Å². The number of hydrogen-bond acceptors (Lipinski definition) is 4. The van der Waals surface area contributed by atoms with Crippen LogP contribution in [0, 0.1) is 5.41 Å². The molecule has 2 aliphatic heterocycles. The van der Waals surface area contributed by atoms with Crippen LogP contribution >= 0.6 is 0 Å². The Balaban J connectivity index is 1.60. The fraction of sp³-hybridized carbons (Fsp3) is 0.522. The minimum atomic E-state index is -5.29. The molecule has 4 rings (SSSR count). The SMILES string of the molecule is O=C1CC2(CCN(C(=O)[C@](O)(c3ccccc3)C(F)(F)F)CC2)C(c2ccnn2CC(F)(F)F)CN1. The number of carbonyl (C=O) groups excluding carboxylic acids is 2. The first-order valence-corrected chi connectivity index (χ1v) is 11.3. The third-order valence-electron chi connectivity index (χ3n) is 7.15. The van der Waals surface area contributed by atoms with E-state index in [1.54, 1.807) is 0 Å². The molecule has 0 aliphatic carbocycles. The number of hydrogen-bond donors (Lipinski definition) is 2. The summed E-state index contributed by atoms with van der Waals surface area (Å²) in [7, 11) is 0. The maximum Gasteiger partial charge on any atom is 0.430 e. The average molecular weight is 518 g/mol. The summed E-state index contributed by atoms with van der Waals surface area (Å²) in [6, 6.07) is 7.47. The molecule has 1 aromatic heterocycles. The van der Waals surface area contributed by atoms with Crippen LogP contribution in [-0.2, 0) is 21.7 Å². The Hall–Kier alpha value is -3.09. The number of halogens is 6. The van der Waals surface area contributed by atoms with Crippen LogP contribution in [0.3, 0.4) is 0 Å². The lowest BCUT2D eigenvalue weighted by Gasteiger charge is -2.49. The molecular weight excluding hydrogens is 494 g/mol. The molecule has 13 heteroatoms. The van der Waals surface area contributed by atoms with Crippen molar-refractivity contribution in [2.24, 2.45) is 5.41 Å². The Morgan fingerprint density at radius 3 is 2.31 bits per heavy atom. The molecule has 2 atom stereocenters. The molecule has 0 saturated carbocycles. The van der Waals surface area contributed by atoms with E-state index in [9.17, 15) is 41.0 Å². The summed E-state index contributed by atoms with van der Waals surface area (Å²) in [5, 5.41) is 17.1. The van der Waals surface area contributed by atoms with Gasteiger partial charge >= 0.3 is 12.4 Å². The number of carbonyl (C=O) groups is 2. The molecule has 3 heterocycles. The van der Waals surface area contributed by atoms with Crippen molar-refractivity contribution in [1.29, 1.82) is 0 Å². The highest BCUT2D eigenvalue weighted by molar-refractivity contribution is 5.87. The lowest BCUT2D eigenvalue weighted by molar-refractivity contribution is -0.262. The first-order valence-electron chi connectivity index (χ1n) is 11.3. The number of aliphatic hydroxyl groups is 1. The van der Waals surface area contributed by atoms with Gasteiger partial charge in [0.2, 0.25) is 5.91 Å². The van der Waals surface area contributed by atoms with E-state index in [4.69, 9.17) is 0 Å². The number of benzene rings is 1. The van der Waals surface area contributed by atoms with Gasteiger partial charge in [-0.1, -0.05) is 30.3 Å². The fourth-order valence-electron chi connectivity index (χ4n) is 5.29. The summed E-state index contributed by atoms with van der Waals surface area (Å²) >= 11 is 0. The highest BCUT2D eigenvalue weighted by atomic mass is 19.4. The van der Waals surface area contributed by atoms with Crippen molar-refractivity contribution in [3.8, 4) is 0 Å². The van der Waals surface area contributed by atoms with E-state index in [2.05, 4.69) is 10.4 Å². The zero-order chi connectivity index (χ0) is 26.4. The van der Waals surface area contributed by atoms with Crippen molar-refractivity contribution >= 4 is 11.8 Å². The summed E-state index contributed by atoms with van der Waals surface area (Å²) in [4.78, 5) is 26.2. The molecular formula is C23H24F6N4O3. The van der Waals surface area contributed by atoms with Gasteiger partial charge in [0.15, 0.2) is 0 Å². The van der Waals surface area contributed by atoms with Crippen LogP contribution in [0.15, 0.2) is 42.6 Å². The van der Waals surface area contributed by atoms with Crippen LogP contribution < -0.4 is 5.32 Å². The van der Waals surface area contributed by atoms with E-state index in [0.717, 1.165) is 21.7 Å². The number of nitrogens with one attached hydrogen (secondary N) is 1. The van der Waals surface area contributed by atoms with Crippen LogP contribution in [-0.4, -0.2) is 63.6 Å². The van der Waals surface area contributed by atoms with Crippen molar-refractivity contribution in [1.82, 2.24) is 20.0 Å². The van der Waals surface area contributed by atoms with Crippen LogP contribution in [0.25, 0.3) is 0 Å². The Kier molecular flexibility index (Phi) is 6.56. The number of piperidine rings is 2. The van der Waals surface area contributed by atoms with Gasteiger partial charge in [-0.25, -0.2) is 0 Å². The highest BCUT2D eigenvalue weighted by Crippen LogP contribution is 2.50. The van der Waals surface area contributed by atoms with Crippen molar-refractivity contribution in [3.63, 3.8) is 0 Å². The molecule has 2 amide bonds. The predicted octanol–water partition coefficient (Wildman–Crippen LogP) is 3.11. The lowest BCUT2D eigenvalue weighted by atomic mass is 9.63. The van der Waals surface area contributed by atoms with E-state index >= 15 is 0 Å². The largest absolute Gasteiger partial charge is 0.430 e. The molecule has 2 N–H and O–H groups in total. The number of alkyl halides is 6. The molecule has 2 aromatic rings. The minimum Gasteiger partial charge on any atom is -0.369 e. The Morgan fingerprint density at radius 1 is 1.08 bits per heavy atom. The van der Waals surface area contributed by atoms with Crippen LogP contribution in [0.5, 0.6) is 0 Å². The number of rotatable bonds is 4. The highest BCUT2D eigenvalue weighted by Gasteiger charge is 2.62. The molecule has 36 heavy (non-hydrogen) atoms. The Labute approximate surface area is 202 Å². The number of aromatic nitrogens is 2. The third-order valence-corrected chi connectivity index (χ3v) is 7.15. The second-order valence-corrected chi connectivity index (χ2v) is 9.29. The standard InChI is InChI=1S/C23H24F6N4O3/c24-21(25,26)14-33-17(6-9-31-33)16-13-30-18(34)12-20(16)7-10-32(11-8-20)19(35)22(36,23(27,28)29)15-4-2-1-3-5-15/h1-6,9,16,36H,7-8,10-14H2,(H,30,34)/t16?,22-/m1/s1. The van der Waals surface area contributed by atoms with Gasteiger partial charge in [-0.15, -0.1) is 0 Å². The average Bonchev–Trinajstić information content (AvgIpc) is 3.24. The molecule has 0 bridgehead atoms. The van der Waals surface area contributed by atoms with E-state index < -0.39 is 47.3 Å². The predicted molar refractivity (Wildman–Crippen MR) is 113 cm³/mol. The maximum absolute atomic E-state index is 14.0. The summed E-state index contributed by atoms with van der Waals surface area (Å²) in [5.74, 6) is -2.45. The minimum absolute atomic E-state index is 0.0346. The van der Waals surface area contributed by atoms with Gasteiger partial charge in [0.05, 0.1) is 0 Å². The van der Waals surface area contributed by atoms with E-state index in [1.807, 2.05) is 0 Å². The molecule has 0 radical (unpaired) electrons. The Morgan fingerprint density at radius 2 is 1.72 bits per heavy atom. The summed E-state index contributed by atoms with van der Waals surface area (Å²) in [6.07, 6.45) is -8.52. The first-order chi connectivity index (χ1) is 16.8. The van der Waals surface area contributed by atoms with Crippen molar-refractivity contribution in [2.45, 2.75) is 49.7 Å². The van der Waals surface area contributed by atoms with Gasteiger partial charge in [-0.2, -0.15) is 31.4 Å². The number of amides is 2. The molecule has 1 spiro atoms.